The summed E-state index contributed by atoms with van der Waals surface area (Å²) in [4.78, 5) is 9.08. The Hall–Kier alpha value is -1.46. The van der Waals surface area contributed by atoms with Crippen LogP contribution in [0.4, 0.5) is 0 Å². The van der Waals surface area contributed by atoms with E-state index < -0.39 is 5.60 Å². The van der Waals surface area contributed by atoms with Crippen molar-refractivity contribution in [3.8, 4) is 11.3 Å². The smallest absolute Gasteiger partial charge is 0.162 e. The second-order valence-electron chi connectivity index (χ2n) is 4.94. The normalized spacial score (nSPS) is 11.9. The third-order valence-electron chi connectivity index (χ3n) is 3.67. The van der Waals surface area contributed by atoms with Gasteiger partial charge in [-0.15, -0.1) is 0 Å². The summed E-state index contributed by atoms with van der Waals surface area (Å²) < 4.78 is 7.70. The van der Waals surface area contributed by atoms with Crippen molar-refractivity contribution < 1.29 is 4.74 Å². The van der Waals surface area contributed by atoms with E-state index in [9.17, 15) is 0 Å². The van der Waals surface area contributed by atoms with Crippen LogP contribution in [0.1, 0.15) is 39.4 Å². The lowest BCUT2D eigenvalue weighted by Gasteiger charge is -2.30. The first-order valence-corrected chi connectivity index (χ1v) is 7.60. The second kappa shape index (κ2) is 6.54. The standard InChI is InChI=1S/C15H21ClN4O/c1-5-15(6-2,21-7-3)14-18-12(8-13(16)19-14)11-9-17-20(4)10-11/h8-10H,5-7H2,1-4H3. The summed E-state index contributed by atoms with van der Waals surface area (Å²) >= 11 is 6.19. The van der Waals surface area contributed by atoms with Gasteiger partial charge >= 0.3 is 0 Å². The number of nitrogens with zero attached hydrogens (tertiary/aromatic N) is 4. The average Bonchev–Trinajstić information content (AvgIpc) is 2.91. The van der Waals surface area contributed by atoms with Gasteiger partial charge in [0.05, 0.1) is 11.9 Å². The molecule has 2 aromatic rings. The molecule has 6 heteroatoms. The Kier molecular flexibility index (Phi) is 4.96. The van der Waals surface area contributed by atoms with Crippen molar-refractivity contribution in [2.45, 2.75) is 39.2 Å². The van der Waals surface area contributed by atoms with Gasteiger partial charge in [-0.1, -0.05) is 25.4 Å². The van der Waals surface area contributed by atoms with Gasteiger partial charge in [-0.3, -0.25) is 4.68 Å². The molecule has 2 heterocycles. The lowest BCUT2D eigenvalue weighted by atomic mass is 9.95. The molecule has 0 atom stereocenters. The van der Waals surface area contributed by atoms with Gasteiger partial charge in [0.2, 0.25) is 0 Å². The van der Waals surface area contributed by atoms with Gasteiger partial charge in [0.25, 0.3) is 0 Å². The number of aryl methyl sites for hydroxylation is 1. The van der Waals surface area contributed by atoms with Gasteiger partial charge in [-0.05, 0) is 19.8 Å². The minimum atomic E-state index is -0.489. The third kappa shape index (κ3) is 3.24. The molecule has 114 valence electrons. The zero-order valence-corrected chi connectivity index (χ0v) is 13.7. The first-order chi connectivity index (χ1) is 10.0. The molecule has 0 bridgehead atoms. The maximum absolute atomic E-state index is 6.19. The number of aromatic nitrogens is 4. The van der Waals surface area contributed by atoms with Crippen LogP contribution in [0, 0.1) is 0 Å². The van der Waals surface area contributed by atoms with E-state index in [1.807, 2.05) is 20.2 Å². The van der Waals surface area contributed by atoms with Crippen LogP contribution < -0.4 is 0 Å². The zero-order valence-electron chi connectivity index (χ0n) is 12.9. The maximum Gasteiger partial charge on any atom is 0.162 e. The van der Waals surface area contributed by atoms with Gasteiger partial charge in [-0.25, -0.2) is 9.97 Å². The number of halogens is 1. The van der Waals surface area contributed by atoms with E-state index in [2.05, 4.69) is 28.9 Å². The summed E-state index contributed by atoms with van der Waals surface area (Å²) in [5, 5.41) is 4.59. The molecule has 0 aromatic carbocycles. The predicted octanol–water partition coefficient (Wildman–Crippen LogP) is 3.58. The highest BCUT2D eigenvalue weighted by Crippen LogP contribution is 2.32. The molecule has 0 fully saturated rings. The molecule has 5 nitrogen and oxygen atoms in total. The summed E-state index contributed by atoms with van der Waals surface area (Å²) in [7, 11) is 1.87. The molecule has 2 rings (SSSR count). The van der Waals surface area contributed by atoms with Crippen molar-refractivity contribution in [1.82, 2.24) is 19.7 Å². The van der Waals surface area contributed by atoms with E-state index in [1.165, 1.54) is 0 Å². The summed E-state index contributed by atoms with van der Waals surface area (Å²) in [6, 6.07) is 1.75. The molecule has 21 heavy (non-hydrogen) atoms. The first-order valence-electron chi connectivity index (χ1n) is 7.22. The van der Waals surface area contributed by atoms with E-state index in [4.69, 9.17) is 16.3 Å². The first kappa shape index (κ1) is 15.9. The van der Waals surface area contributed by atoms with Crippen LogP contribution in [0.15, 0.2) is 18.5 Å². The molecular weight excluding hydrogens is 288 g/mol. The molecule has 2 aromatic heterocycles. The van der Waals surface area contributed by atoms with Crippen LogP contribution in [0.3, 0.4) is 0 Å². The topological polar surface area (TPSA) is 52.8 Å². The Bertz CT molecular complexity index is 607. The van der Waals surface area contributed by atoms with Crippen LogP contribution in [-0.2, 0) is 17.4 Å². The molecule has 0 spiro atoms. The Morgan fingerprint density at radius 2 is 1.95 bits per heavy atom. The largest absolute Gasteiger partial charge is 0.367 e. The van der Waals surface area contributed by atoms with Gasteiger partial charge in [0.15, 0.2) is 5.82 Å². The lowest BCUT2D eigenvalue weighted by Crippen LogP contribution is -2.31. The van der Waals surface area contributed by atoms with Crippen LogP contribution >= 0.6 is 11.6 Å². The highest BCUT2D eigenvalue weighted by molar-refractivity contribution is 6.29. The summed E-state index contributed by atoms with van der Waals surface area (Å²) in [6.07, 6.45) is 5.26. The predicted molar refractivity (Wildman–Crippen MR) is 83.1 cm³/mol. The zero-order chi connectivity index (χ0) is 15.5. The third-order valence-corrected chi connectivity index (χ3v) is 3.86. The second-order valence-corrected chi connectivity index (χ2v) is 5.32. The highest BCUT2D eigenvalue weighted by atomic mass is 35.5. The number of ether oxygens (including phenoxy) is 1. The maximum atomic E-state index is 6.19. The lowest BCUT2D eigenvalue weighted by molar-refractivity contribution is -0.0570. The fourth-order valence-electron chi connectivity index (χ4n) is 2.43. The van der Waals surface area contributed by atoms with Crippen molar-refractivity contribution in [1.29, 1.82) is 0 Å². The van der Waals surface area contributed by atoms with E-state index in [1.54, 1.807) is 16.9 Å². The Labute approximate surface area is 130 Å². The molecule has 0 aliphatic rings. The summed E-state index contributed by atoms with van der Waals surface area (Å²) in [5.74, 6) is 0.640. The van der Waals surface area contributed by atoms with E-state index >= 15 is 0 Å². The Morgan fingerprint density at radius 1 is 1.24 bits per heavy atom. The van der Waals surface area contributed by atoms with E-state index in [0.717, 1.165) is 24.1 Å². The number of hydrogen-bond acceptors (Lipinski definition) is 4. The van der Waals surface area contributed by atoms with Crippen molar-refractivity contribution in [3.05, 3.63) is 29.4 Å². The Morgan fingerprint density at radius 3 is 2.48 bits per heavy atom. The molecule has 0 saturated carbocycles. The monoisotopic (exact) mass is 308 g/mol. The van der Waals surface area contributed by atoms with Crippen molar-refractivity contribution >= 4 is 11.6 Å². The molecule has 0 amide bonds. The molecule has 0 saturated heterocycles. The van der Waals surface area contributed by atoms with Gasteiger partial charge in [0.1, 0.15) is 10.8 Å². The van der Waals surface area contributed by atoms with Crippen LogP contribution in [-0.4, -0.2) is 26.4 Å². The minimum Gasteiger partial charge on any atom is -0.367 e. The summed E-state index contributed by atoms with van der Waals surface area (Å²) in [6.45, 7) is 6.74. The SMILES string of the molecule is CCOC(CC)(CC)c1nc(Cl)cc(-c2cnn(C)c2)n1. The van der Waals surface area contributed by atoms with E-state index in [-0.39, 0.29) is 0 Å². The fourth-order valence-corrected chi connectivity index (χ4v) is 2.62. The van der Waals surface area contributed by atoms with Crippen molar-refractivity contribution in [3.63, 3.8) is 0 Å². The van der Waals surface area contributed by atoms with Crippen LogP contribution in [0.2, 0.25) is 5.15 Å². The van der Waals surface area contributed by atoms with Crippen LogP contribution in [0.25, 0.3) is 11.3 Å². The number of hydrogen-bond donors (Lipinski definition) is 0. The van der Waals surface area contributed by atoms with Gasteiger partial charge < -0.3 is 4.74 Å². The highest BCUT2D eigenvalue weighted by Gasteiger charge is 2.33. The van der Waals surface area contributed by atoms with Crippen molar-refractivity contribution in [2.75, 3.05) is 6.61 Å². The van der Waals surface area contributed by atoms with Gasteiger partial charge in [-0.2, -0.15) is 5.10 Å². The molecule has 0 unspecified atom stereocenters. The Balaban J connectivity index is 2.51. The number of rotatable bonds is 6. The van der Waals surface area contributed by atoms with Crippen LogP contribution in [0.5, 0.6) is 0 Å². The van der Waals surface area contributed by atoms with Crippen molar-refractivity contribution in [2.24, 2.45) is 7.05 Å². The molecule has 0 aliphatic heterocycles. The van der Waals surface area contributed by atoms with E-state index in [0.29, 0.717) is 17.6 Å². The molecule has 0 N–H and O–H groups in total. The average molecular weight is 309 g/mol. The molecule has 0 radical (unpaired) electrons. The summed E-state index contributed by atoms with van der Waals surface area (Å²) in [5.41, 5.74) is 1.20. The van der Waals surface area contributed by atoms with Gasteiger partial charge in [0, 0.05) is 31.5 Å². The molecular formula is C15H21ClN4O. The minimum absolute atomic E-state index is 0.421. The molecule has 0 aliphatic carbocycles. The fraction of sp³-hybridized carbons (Fsp3) is 0.533. The quantitative estimate of drug-likeness (QED) is 0.765.